The van der Waals surface area contributed by atoms with Gasteiger partial charge in [-0.15, -0.1) is 11.3 Å². The zero-order valence-electron chi connectivity index (χ0n) is 7.96. The van der Waals surface area contributed by atoms with Gasteiger partial charge in [-0.1, -0.05) is 18.9 Å². The van der Waals surface area contributed by atoms with Gasteiger partial charge in [0.15, 0.2) is 0 Å². The van der Waals surface area contributed by atoms with Crippen molar-refractivity contribution in [3.8, 4) is 0 Å². The minimum atomic E-state index is 0.958. The quantitative estimate of drug-likeness (QED) is 0.778. The number of nitrogens with one attached hydrogen (secondary N) is 1. The lowest BCUT2D eigenvalue weighted by molar-refractivity contribution is 0.491. The Kier molecular flexibility index (Phi) is 3.39. The molecule has 1 saturated carbocycles. The van der Waals surface area contributed by atoms with Gasteiger partial charge in [-0.2, -0.15) is 0 Å². The van der Waals surface area contributed by atoms with Crippen molar-refractivity contribution in [3.63, 3.8) is 0 Å². The summed E-state index contributed by atoms with van der Waals surface area (Å²) in [5, 5.41) is 5.69. The lowest BCUT2D eigenvalue weighted by Crippen LogP contribution is -2.20. The highest BCUT2D eigenvalue weighted by atomic mass is 32.1. The van der Waals surface area contributed by atoms with E-state index in [0.29, 0.717) is 0 Å². The lowest BCUT2D eigenvalue weighted by Gasteiger charge is -2.09. The summed E-state index contributed by atoms with van der Waals surface area (Å²) >= 11 is 1.84. The second-order valence-corrected chi connectivity index (χ2v) is 4.89. The van der Waals surface area contributed by atoms with Gasteiger partial charge < -0.3 is 5.32 Å². The molecule has 0 spiro atoms. The number of thiophene rings is 1. The summed E-state index contributed by atoms with van der Waals surface area (Å²) in [7, 11) is 0. The van der Waals surface area contributed by atoms with Crippen molar-refractivity contribution < 1.29 is 0 Å². The van der Waals surface area contributed by atoms with Crippen molar-refractivity contribution in [1.82, 2.24) is 5.32 Å². The monoisotopic (exact) mass is 195 g/mol. The first-order chi connectivity index (χ1) is 6.45. The highest BCUT2D eigenvalue weighted by Gasteiger charge is 2.13. The summed E-state index contributed by atoms with van der Waals surface area (Å²) in [5.41, 5.74) is 0. The third-order valence-corrected chi connectivity index (χ3v) is 3.66. The lowest BCUT2D eigenvalue weighted by atomic mass is 10.1. The Morgan fingerprint density at radius 2 is 2.23 bits per heavy atom. The molecule has 1 aliphatic rings. The van der Waals surface area contributed by atoms with E-state index in [9.17, 15) is 0 Å². The minimum absolute atomic E-state index is 0.958. The van der Waals surface area contributed by atoms with Crippen LogP contribution in [0.15, 0.2) is 17.5 Å². The van der Waals surface area contributed by atoms with Crippen LogP contribution in [0.25, 0.3) is 0 Å². The zero-order chi connectivity index (χ0) is 8.93. The van der Waals surface area contributed by atoms with Gasteiger partial charge in [0, 0.05) is 11.4 Å². The Bertz CT molecular complexity index is 224. The number of rotatable bonds is 4. The third-order valence-electron chi connectivity index (χ3n) is 2.79. The van der Waals surface area contributed by atoms with E-state index in [1.165, 1.54) is 37.1 Å². The molecule has 1 heterocycles. The van der Waals surface area contributed by atoms with Crippen molar-refractivity contribution in [2.24, 2.45) is 5.92 Å². The standard InChI is InChI=1S/C11H17NS/c1-2-5-10(4-1)8-12-9-11-6-3-7-13-11/h3,6-7,10,12H,1-2,4-5,8-9H2. The van der Waals surface area contributed by atoms with Crippen LogP contribution in [0.2, 0.25) is 0 Å². The van der Waals surface area contributed by atoms with E-state index in [-0.39, 0.29) is 0 Å². The summed E-state index contributed by atoms with van der Waals surface area (Å²) < 4.78 is 0. The van der Waals surface area contributed by atoms with Crippen molar-refractivity contribution in [2.45, 2.75) is 32.2 Å². The fourth-order valence-corrected chi connectivity index (χ4v) is 2.70. The Morgan fingerprint density at radius 3 is 2.92 bits per heavy atom. The second kappa shape index (κ2) is 4.77. The molecule has 1 aromatic rings. The molecule has 0 unspecified atom stereocenters. The molecule has 2 heteroatoms. The molecule has 0 aliphatic heterocycles. The Labute approximate surface area is 84.2 Å². The van der Waals surface area contributed by atoms with Crippen LogP contribution in [-0.2, 0) is 6.54 Å². The van der Waals surface area contributed by atoms with Crippen molar-refractivity contribution >= 4 is 11.3 Å². The Morgan fingerprint density at radius 1 is 1.38 bits per heavy atom. The van der Waals surface area contributed by atoms with Gasteiger partial charge >= 0.3 is 0 Å². The zero-order valence-corrected chi connectivity index (χ0v) is 8.78. The molecule has 1 fully saturated rings. The molecule has 0 aromatic carbocycles. The minimum Gasteiger partial charge on any atom is -0.312 e. The summed E-state index contributed by atoms with van der Waals surface area (Å²) in [6.07, 6.45) is 5.78. The molecular formula is C11H17NS. The second-order valence-electron chi connectivity index (χ2n) is 3.86. The first-order valence-corrected chi connectivity index (χ1v) is 6.06. The highest BCUT2D eigenvalue weighted by Crippen LogP contribution is 2.23. The molecule has 72 valence electrons. The molecule has 1 nitrogen and oxygen atoms in total. The molecule has 1 aliphatic carbocycles. The predicted molar refractivity (Wildman–Crippen MR) is 58.0 cm³/mol. The predicted octanol–water partition coefficient (Wildman–Crippen LogP) is 3.03. The molecule has 0 bridgehead atoms. The van der Waals surface area contributed by atoms with Crippen LogP contribution >= 0.6 is 11.3 Å². The largest absolute Gasteiger partial charge is 0.312 e. The van der Waals surface area contributed by atoms with Crippen LogP contribution in [0.1, 0.15) is 30.6 Å². The highest BCUT2D eigenvalue weighted by molar-refractivity contribution is 7.09. The van der Waals surface area contributed by atoms with E-state index in [0.717, 1.165) is 12.5 Å². The van der Waals surface area contributed by atoms with Gasteiger partial charge in [0.05, 0.1) is 0 Å². The van der Waals surface area contributed by atoms with E-state index < -0.39 is 0 Å². The fraction of sp³-hybridized carbons (Fsp3) is 0.636. The van der Waals surface area contributed by atoms with Gasteiger partial charge in [-0.3, -0.25) is 0 Å². The third kappa shape index (κ3) is 2.82. The van der Waals surface area contributed by atoms with Gasteiger partial charge in [0.25, 0.3) is 0 Å². The fourth-order valence-electron chi connectivity index (χ4n) is 2.03. The molecule has 0 saturated heterocycles. The topological polar surface area (TPSA) is 12.0 Å². The SMILES string of the molecule is c1csc(CNCC2CCCC2)c1. The van der Waals surface area contributed by atoms with Crippen molar-refractivity contribution in [3.05, 3.63) is 22.4 Å². The molecule has 1 N–H and O–H groups in total. The normalized spacial score (nSPS) is 18.2. The first-order valence-electron chi connectivity index (χ1n) is 5.18. The van der Waals surface area contributed by atoms with Gasteiger partial charge in [-0.05, 0) is 36.8 Å². The van der Waals surface area contributed by atoms with Crippen LogP contribution in [-0.4, -0.2) is 6.54 Å². The summed E-state index contributed by atoms with van der Waals surface area (Å²) in [4.78, 5) is 1.46. The van der Waals surface area contributed by atoms with E-state index in [4.69, 9.17) is 0 Å². The summed E-state index contributed by atoms with van der Waals surface area (Å²) in [5.74, 6) is 0.958. The van der Waals surface area contributed by atoms with E-state index in [1.807, 2.05) is 11.3 Å². The smallest absolute Gasteiger partial charge is 0.0299 e. The first kappa shape index (κ1) is 9.22. The number of hydrogen-bond acceptors (Lipinski definition) is 2. The van der Waals surface area contributed by atoms with Gasteiger partial charge in [0.2, 0.25) is 0 Å². The summed E-state index contributed by atoms with van der Waals surface area (Å²) in [6, 6.07) is 4.32. The van der Waals surface area contributed by atoms with Gasteiger partial charge in [-0.25, -0.2) is 0 Å². The van der Waals surface area contributed by atoms with Crippen LogP contribution in [0, 0.1) is 5.92 Å². The van der Waals surface area contributed by atoms with E-state index in [2.05, 4.69) is 22.8 Å². The molecule has 0 amide bonds. The molecule has 13 heavy (non-hydrogen) atoms. The maximum atomic E-state index is 3.54. The van der Waals surface area contributed by atoms with Crippen LogP contribution < -0.4 is 5.32 Å². The Balaban J connectivity index is 1.63. The molecule has 0 radical (unpaired) electrons. The van der Waals surface area contributed by atoms with E-state index in [1.54, 1.807) is 0 Å². The van der Waals surface area contributed by atoms with Crippen LogP contribution in [0.5, 0.6) is 0 Å². The van der Waals surface area contributed by atoms with Crippen LogP contribution in [0.4, 0.5) is 0 Å². The molecule has 0 atom stereocenters. The average Bonchev–Trinajstić information content (AvgIpc) is 2.75. The Hall–Kier alpha value is -0.340. The number of hydrogen-bond donors (Lipinski definition) is 1. The maximum Gasteiger partial charge on any atom is 0.0299 e. The van der Waals surface area contributed by atoms with Crippen molar-refractivity contribution in [1.29, 1.82) is 0 Å². The summed E-state index contributed by atoms with van der Waals surface area (Å²) in [6.45, 7) is 2.28. The molecule has 1 aromatic heterocycles. The van der Waals surface area contributed by atoms with Crippen LogP contribution in [0.3, 0.4) is 0 Å². The van der Waals surface area contributed by atoms with Crippen molar-refractivity contribution in [2.75, 3.05) is 6.54 Å². The van der Waals surface area contributed by atoms with Gasteiger partial charge in [0.1, 0.15) is 0 Å². The average molecular weight is 195 g/mol. The maximum absolute atomic E-state index is 3.54. The van der Waals surface area contributed by atoms with E-state index >= 15 is 0 Å². The molecule has 2 rings (SSSR count). The molecular weight excluding hydrogens is 178 g/mol.